The van der Waals surface area contributed by atoms with Crippen molar-refractivity contribution in [2.75, 3.05) is 19.7 Å². The van der Waals surface area contributed by atoms with Crippen molar-refractivity contribution in [2.24, 2.45) is 5.92 Å². The van der Waals surface area contributed by atoms with Crippen LogP contribution in [0.5, 0.6) is 0 Å². The highest BCUT2D eigenvalue weighted by Crippen LogP contribution is 2.32. The highest BCUT2D eigenvalue weighted by Gasteiger charge is 2.26. The Morgan fingerprint density at radius 2 is 2.47 bits per heavy atom. The normalized spacial score (nSPS) is 24.8. The Balaban J connectivity index is 1.97. The third kappa shape index (κ3) is 3.51. The van der Waals surface area contributed by atoms with Gasteiger partial charge in [-0.2, -0.15) is 0 Å². The summed E-state index contributed by atoms with van der Waals surface area (Å²) in [6.45, 7) is 5.22. The smallest absolute Gasteiger partial charge is 0.0880 e. The summed E-state index contributed by atoms with van der Waals surface area (Å²) in [5.74, 6) is 0.583. The molecule has 94 valence electrons. The number of hydrogen-bond acceptors (Lipinski definition) is 3. The Kier molecular flexibility index (Phi) is 4.95. The largest absolute Gasteiger partial charge is 0.373 e. The summed E-state index contributed by atoms with van der Waals surface area (Å²) in [6.07, 6.45) is 7.58. The van der Waals surface area contributed by atoms with Gasteiger partial charge in [-0.1, -0.05) is 13.0 Å². The molecular weight excluding hydrogens is 212 g/mol. The van der Waals surface area contributed by atoms with Gasteiger partial charge in [-0.15, -0.1) is 0 Å². The number of pyridine rings is 1. The fraction of sp³-hybridized carbons (Fsp3) is 0.643. The zero-order valence-corrected chi connectivity index (χ0v) is 10.6. The molecule has 0 saturated carbocycles. The first-order valence-corrected chi connectivity index (χ1v) is 6.64. The van der Waals surface area contributed by atoms with Crippen LogP contribution >= 0.6 is 0 Å². The zero-order chi connectivity index (χ0) is 11.9. The van der Waals surface area contributed by atoms with E-state index in [1.165, 1.54) is 24.8 Å². The molecule has 2 atom stereocenters. The number of nitrogens with one attached hydrogen (secondary N) is 1. The van der Waals surface area contributed by atoms with Crippen LogP contribution in [0.2, 0.25) is 0 Å². The highest BCUT2D eigenvalue weighted by atomic mass is 16.5. The van der Waals surface area contributed by atoms with Crippen molar-refractivity contribution in [2.45, 2.75) is 32.3 Å². The van der Waals surface area contributed by atoms with Gasteiger partial charge >= 0.3 is 0 Å². The average Bonchev–Trinajstić information content (AvgIpc) is 2.41. The zero-order valence-electron chi connectivity index (χ0n) is 10.6. The Hall–Kier alpha value is -0.930. The van der Waals surface area contributed by atoms with Crippen molar-refractivity contribution in [3.63, 3.8) is 0 Å². The molecule has 1 aliphatic rings. The fourth-order valence-corrected chi connectivity index (χ4v) is 2.43. The van der Waals surface area contributed by atoms with Gasteiger partial charge in [0.15, 0.2) is 0 Å². The van der Waals surface area contributed by atoms with Crippen LogP contribution in [-0.4, -0.2) is 24.7 Å². The summed E-state index contributed by atoms with van der Waals surface area (Å²) in [4.78, 5) is 4.19. The molecule has 1 aromatic heterocycles. The molecule has 3 nitrogen and oxygen atoms in total. The molecule has 2 rings (SSSR count). The number of hydrogen-bond donors (Lipinski definition) is 1. The number of rotatable bonds is 5. The predicted octanol–water partition coefficient (Wildman–Crippen LogP) is 2.55. The molecule has 17 heavy (non-hydrogen) atoms. The summed E-state index contributed by atoms with van der Waals surface area (Å²) >= 11 is 0. The quantitative estimate of drug-likeness (QED) is 0.795. The summed E-state index contributed by atoms with van der Waals surface area (Å²) in [5.41, 5.74) is 1.22. The lowest BCUT2D eigenvalue weighted by molar-refractivity contribution is -0.0278. The molecule has 0 amide bonds. The van der Waals surface area contributed by atoms with Gasteiger partial charge in [0.2, 0.25) is 0 Å². The van der Waals surface area contributed by atoms with Crippen molar-refractivity contribution < 1.29 is 4.74 Å². The van der Waals surface area contributed by atoms with E-state index in [4.69, 9.17) is 4.74 Å². The Morgan fingerprint density at radius 3 is 3.24 bits per heavy atom. The van der Waals surface area contributed by atoms with Crippen LogP contribution in [0.4, 0.5) is 0 Å². The molecule has 2 heterocycles. The van der Waals surface area contributed by atoms with E-state index < -0.39 is 0 Å². The minimum atomic E-state index is 0.224. The minimum absolute atomic E-state index is 0.224. The van der Waals surface area contributed by atoms with E-state index in [9.17, 15) is 0 Å². The first-order valence-electron chi connectivity index (χ1n) is 6.64. The van der Waals surface area contributed by atoms with Crippen LogP contribution in [0.25, 0.3) is 0 Å². The van der Waals surface area contributed by atoms with Crippen LogP contribution < -0.4 is 5.32 Å². The molecule has 0 spiro atoms. The second-order valence-corrected chi connectivity index (χ2v) is 4.68. The molecule has 3 heteroatoms. The highest BCUT2D eigenvalue weighted by molar-refractivity contribution is 5.13. The molecule has 1 aliphatic heterocycles. The molecular formula is C14H22N2O. The van der Waals surface area contributed by atoms with E-state index in [1.807, 2.05) is 18.5 Å². The summed E-state index contributed by atoms with van der Waals surface area (Å²) < 4.78 is 5.93. The van der Waals surface area contributed by atoms with Gasteiger partial charge in [0, 0.05) is 31.5 Å². The first-order chi connectivity index (χ1) is 8.42. The molecule has 0 radical (unpaired) electrons. The number of aromatic nitrogens is 1. The minimum Gasteiger partial charge on any atom is -0.373 e. The Morgan fingerprint density at radius 1 is 1.53 bits per heavy atom. The van der Waals surface area contributed by atoms with E-state index >= 15 is 0 Å². The van der Waals surface area contributed by atoms with Crippen LogP contribution in [0.15, 0.2) is 24.5 Å². The summed E-state index contributed by atoms with van der Waals surface area (Å²) in [7, 11) is 0. The van der Waals surface area contributed by atoms with Gasteiger partial charge in [-0.25, -0.2) is 0 Å². The van der Waals surface area contributed by atoms with E-state index in [1.54, 1.807) is 0 Å². The number of ether oxygens (including phenoxy) is 1. The van der Waals surface area contributed by atoms with Gasteiger partial charge in [-0.3, -0.25) is 4.98 Å². The van der Waals surface area contributed by atoms with Gasteiger partial charge in [-0.05, 0) is 37.4 Å². The Bertz CT molecular complexity index is 315. The van der Waals surface area contributed by atoms with Gasteiger partial charge in [0.25, 0.3) is 0 Å². The van der Waals surface area contributed by atoms with Crippen molar-refractivity contribution in [1.82, 2.24) is 10.3 Å². The maximum absolute atomic E-state index is 5.93. The SMILES string of the molecule is CCCNCC1CCCOC1c1cccnc1. The molecule has 1 fully saturated rings. The molecule has 1 saturated heterocycles. The van der Waals surface area contributed by atoms with Crippen molar-refractivity contribution in [3.05, 3.63) is 30.1 Å². The lowest BCUT2D eigenvalue weighted by Crippen LogP contribution is -2.32. The van der Waals surface area contributed by atoms with Crippen LogP contribution in [0, 0.1) is 5.92 Å². The van der Waals surface area contributed by atoms with Gasteiger partial charge < -0.3 is 10.1 Å². The maximum Gasteiger partial charge on any atom is 0.0880 e. The molecule has 0 aromatic carbocycles. The molecule has 1 aromatic rings. The van der Waals surface area contributed by atoms with Gasteiger partial charge in [0.05, 0.1) is 6.10 Å². The molecule has 1 N–H and O–H groups in total. The van der Waals surface area contributed by atoms with Crippen LogP contribution in [0.1, 0.15) is 37.9 Å². The third-order valence-electron chi connectivity index (χ3n) is 3.29. The topological polar surface area (TPSA) is 34.1 Å². The second kappa shape index (κ2) is 6.72. The Labute approximate surface area is 104 Å². The van der Waals surface area contributed by atoms with Crippen molar-refractivity contribution in [3.8, 4) is 0 Å². The first kappa shape index (κ1) is 12.5. The lowest BCUT2D eigenvalue weighted by atomic mass is 9.90. The molecule has 0 aliphatic carbocycles. The average molecular weight is 234 g/mol. The molecule has 0 bridgehead atoms. The van der Waals surface area contributed by atoms with Crippen molar-refractivity contribution in [1.29, 1.82) is 0 Å². The summed E-state index contributed by atoms with van der Waals surface area (Å²) in [6, 6.07) is 4.11. The second-order valence-electron chi connectivity index (χ2n) is 4.68. The van der Waals surface area contributed by atoms with Gasteiger partial charge in [0.1, 0.15) is 0 Å². The van der Waals surface area contributed by atoms with E-state index in [0.29, 0.717) is 5.92 Å². The van der Waals surface area contributed by atoms with E-state index in [0.717, 1.165) is 19.7 Å². The monoisotopic (exact) mass is 234 g/mol. The van der Waals surface area contributed by atoms with Crippen molar-refractivity contribution >= 4 is 0 Å². The lowest BCUT2D eigenvalue weighted by Gasteiger charge is -2.32. The fourth-order valence-electron chi connectivity index (χ4n) is 2.43. The summed E-state index contributed by atoms with van der Waals surface area (Å²) in [5, 5.41) is 3.50. The standard InChI is InChI=1S/C14H22N2O/c1-2-7-15-10-13-6-4-9-17-14(13)12-5-3-8-16-11-12/h3,5,8,11,13-15H,2,4,6-7,9-10H2,1H3. The van der Waals surface area contributed by atoms with E-state index in [-0.39, 0.29) is 6.10 Å². The third-order valence-corrected chi connectivity index (χ3v) is 3.29. The molecule has 2 unspecified atom stereocenters. The number of nitrogens with zero attached hydrogens (tertiary/aromatic N) is 1. The predicted molar refractivity (Wildman–Crippen MR) is 68.8 cm³/mol. The van der Waals surface area contributed by atoms with Crippen LogP contribution in [0.3, 0.4) is 0 Å². The van der Waals surface area contributed by atoms with E-state index in [2.05, 4.69) is 23.3 Å². The maximum atomic E-state index is 5.93. The van der Waals surface area contributed by atoms with Crippen LogP contribution in [-0.2, 0) is 4.74 Å².